The summed E-state index contributed by atoms with van der Waals surface area (Å²) < 4.78 is 5.55. The molecule has 148 valence electrons. The van der Waals surface area contributed by atoms with Crippen molar-refractivity contribution in [1.29, 1.82) is 0 Å². The molecular weight excluding hydrogens is 386 g/mol. The third-order valence-electron chi connectivity index (χ3n) is 5.23. The van der Waals surface area contributed by atoms with Gasteiger partial charge < -0.3 is 15.2 Å². The van der Waals surface area contributed by atoms with Crippen LogP contribution in [-0.4, -0.2) is 23.8 Å². The maximum absolute atomic E-state index is 12.5. The van der Waals surface area contributed by atoms with E-state index in [9.17, 15) is 14.7 Å². The molecule has 4 rings (SSSR count). The van der Waals surface area contributed by atoms with Crippen molar-refractivity contribution >= 4 is 23.4 Å². The lowest BCUT2D eigenvalue weighted by Crippen LogP contribution is -2.31. The normalized spacial score (nSPS) is 13.4. The highest BCUT2D eigenvalue weighted by Gasteiger charge is 2.29. The van der Waals surface area contributed by atoms with Gasteiger partial charge in [0.2, 0.25) is 0 Å². The number of nitrogens with one attached hydrogen (secondary N) is 1. The van der Waals surface area contributed by atoms with Gasteiger partial charge in [-0.3, -0.25) is 4.79 Å². The van der Waals surface area contributed by atoms with Crippen LogP contribution in [0.3, 0.4) is 0 Å². The van der Waals surface area contributed by atoms with Gasteiger partial charge in [-0.2, -0.15) is 0 Å². The van der Waals surface area contributed by atoms with E-state index in [1.165, 1.54) is 11.3 Å². The Morgan fingerprint density at radius 1 is 1.07 bits per heavy atom. The van der Waals surface area contributed by atoms with Crippen molar-refractivity contribution < 1.29 is 19.4 Å². The van der Waals surface area contributed by atoms with Crippen LogP contribution in [0.5, 0.6) is 0 Å². The molecule has 5 nitrogen and oxygen atoms in total. The van der Waals surface area contributed by atoms with Gasteiger partial charge in [-0.05, 0) is 46.2 Å². The molecule has 0 saturated heterocycles. The number of ether oxygens (including phenoxy) is 1. The van der Waals surface area contributed by atoms with Crippen LogP contribution in [-0.2, 0) is 9.53 Å². The summed E-state index contributed by atoms with van der Waals surface area (Å²) in [5, 5.41) is 13.8. The van der Waals surface area contributed by atoms with E-state index < -0.39 is 18.1 Å². The summed E-state index contributed by atoms with van der Waals surface area (Å²) in [6, 6.07) is 17.6. The monoisotopic (exact) mass is 407 g/mol. The third kappa shape index (κ3) is 3.89. The lowest BCUT2D eigenvalue weighted by molar-refractivity contribution is -0.137. The third-order valence-corrected chi connectivity index (χ3v) is 6.37. The van der Waals surface area contributed by atoms with E-state index in [1.54, 1.807) is 0 Å². The predicted molar refractivity (Wildman–Crippen MR) is 112 cm³/mol. The summed E-state index contributed by atoms with van der Waals surface area (Å²) in [7, 11) is 0. The number of benzene rings is 2. The van der Waals surface area contributed by atoms with Crippen molar-refractivity contribution in [2.24, 2.45) is 0 Å². The van der Waals surface area contributed by atoms with E-state index >= 15 is 0 Å². The standard InChI is InChI=1S/C23H21NO4S/c1-14-10-11-29-22(14)20(12-21(25)26)24-23(27)28-13-19-17-8-4-2-6-15(17)16-7-3-5-9-18(16)19/h2-11,19-20H,12-13H2,1H3,(H,24,27)(H,25,26)/t20-/m1/s1. The Morgan fingerprint density at radius 3 is 2.24 bits per heavy atom. The van der Waals surface area contributed by atoms with Gasteiger partial charge in [-0.25, -0.2) is 4.79 Å². The number of rotatable bonds is 6. The molecule has 2 aromatic carbocycles. The largest absolute Gasteiger partial charge is 0.481 e. The number of hydrogen-bond donors (Lipinski definition) is 2. The zero-order valence-corrected chi connectivity index (χ0v) is 16.7. The number of thiophene rings is 1. The van der Waals surface area contributed by atoms with Crippen LogP contribution in [0.15, 0.2) is 60.0 Å². The maximum atomic E-state index is 12.5. The van der Waals surface area contributed by atoms with Crippen molar-refractivity contribution in [2.75, 3.05) is 6.61 Å². The molecule has 0 fully saturated rings. The first kappa shape index (κ1) is 19.2. The minimum Gasteiger partial charge on any atom is -0.481 e. The molecule has 1 atom stereocenters. The van der Waals surface area contributed by atoms with Gasteiger partial charge in [0.1, 0.15) is 6.61 Å². The van der Waals surface area contributed by atoms with Gasteiger partial charge in [0, 0.05) is 10.8 Å². The summed E-state index contributed by atoms with van der Waals surface area (Å²) >= 11 is 1.43. The average molecular weight is 407 g/mol. The summed E-state index contributed by atoms with van der Waals surface area (Å²) in [6.45, 7) is 2.10. The summed E-state index contributed by atoms with van der Waals surface area (Å²) in [5.41, 5.74) is 5.56. The lowest BCUT2D eigenvalue weighted by Gasteiger charge is -2.19. The number of alkyl carbamates (subject to hydrolysis) is 1. The van der Waals surface area contributed by atoms with E-state index in [1.807, 2.05) is 42.6 Å². The molecule has 1 heterocycles. The molecule has 0 saturated carbocycles. The molecule has 0 unspecified atom stereocenters. The van der Waals surface area contributed by atoms with Gasteiger partial charge >= 0.3 is 12.1 Å². The highest BCUT2D eigenvalue weighted by Crippen LogP contribution is 2.44. The molecule has 1 aliphatic rings. The van der Waals surface area contributed by atoms with E-state index in [2.05, 4.69) is 29.6 Å². The van der Waals surface area contributed by atoms with Crippen LogP contribution >= 0.6 is 11.3 Å². The van der Waals surface area contributed by atoms with E-state index in [-0.39, 0.29) is 18.9 Å². The Labute approximate surface area is 173 Å². The zero-order valence-electron chi connectivity index (χ0n) is 15.9. The molecule has 6 heteroatoms. The van der Waals surface area contributed by atoms with E-state index in [4.69, 9.17) is 4.74 Å². The van der Waals surface area contributed by atoms with Gasteiger partial charge in [-0.1, -0.05) is 48.5 Å². The smallest absolute Gasteiger partial charge is 0.407 e. The van der Waals surface area contributed by atoms with Crippen molar-refractivity contribution in [3.63, 3.8) is 0 Å². The van der Waals surface area contributed by atoms with Crippen LogP contribution in [0.2, 0.25) is 0 Å². The second kappa shape index (κ2) is 8.09. The second-order valence-corrected chi connectivity index (χ2v) is 8.04. The minimum atomic E-state index is -0.971. The minimum absolute atomic E-state index is 0.0328. The predicted octanol–water partition coefficient (Wildman–Crippen LogP) is 5.11. The molecule has 0 aliphatic heterocycles. The molecule has 1 amide bonds. The molecule has 0 spiro atoms. The Morgan fingerprint density at radius 2 is 1.69 bits per heavy atom. The number of carboxylic acid groups (broad SMARTS) is 1. The number of carbonyl (C=O) groups is 2. The Kier molecular flexibility index (Phi) is 5.36. The Balaban J connectivity index is 1.48. The number of fused-ring (bicyclic) bond motifs is 3. The van der Waals surface area contributed by atoms with Crippen molar-refractivity contribution in [1.82, 2.24) is 5.32 Å². The molecular formula is C23H21NO4S. The topological polar surface area (TPSA) is 75.6 Å². The lowest BCUT2D eigenvalue weighted by atomic mass is 9.98. The fourth-order valence-electron chi connectivity index (χ4n) is 3.91. The number of aliphatic carboxylic acids is 1. The molecule has 0 bridgehead atoms. The molecule has 29 heavy (non-hydrogen) atoms. The van der Waals surface area contributed by atoms with Crippen LogP contribution in [0.4, 0.5) is 4.79 Å². The second-order valence-electron chi connectivity index (χ2n) is 7.09. The first-order chi connectivity index (χ1) is 14.0. The number of carboxylic acids is 1. The van der Waals surface area contributed by atoms with Crippen LogP contribution < -0.4 is 5.32 Å². The summed E-state index contributed by atoms with van der Waals surface area (Å²) in [5.74, 6) is -1.00. The highest BCUT2D eigenvalue weighted by atomic mass is 32.1. The zero-order chi connectivity index (χ0) is 20.4. The first-order valence-corrected chi connectivity index (χ1v) is 10.3. The fourth-order valence-corrected chi connectivity index (χ4v) is 4.89. The van der Waals surface area contributed by atoms with Gasteiger partial charge in [0.05, 0.1) is 12.5 Å². The van der Waals surface area contributed by atoms with Gasteiger partial charge in [0.25, 0.3) is 0 Å². The molecule has 1 aromatic heterocycles. The number of carbonyl (C=O) groups excluding carboxylic acids is 1. The maximum Gasteiger partial charge on any atom is 0.407 e. The van der Waals surface area contributed by atoms with E-state index in [0.717, 1.165) is 32.7 Å². The van der Waals surface area contributed by atoms with Crippen molar-refractivity contribution in [3.05, 3.63) is 81.5 Å². The fraction of sp³-hybridized carbons (Fsp3) is 0.217. The Hall–Kier alpha value is -3.12. The molecule has 3 aromatic rings. The van der Waals surface area contributed by atoms with Crippen LogP contribution in [0, 0.1) is 6.92 Å². The molecule has 1 aliphatic carbocycles. The average Bonchev–Trinajstić information content (AvgIpc) is 3.27. The molecule has 2 N–H and O–H groups in total. The van der Waals surface area contributed by atoms with Gasteiger partial charge in [-0.15, -0.1) is 11.3 Å². The van der Waals surface area contributed by atoms with Crippen LogP contribution in [0.1, 0.15) is 39.9 Å². The molecule has 0 radical (unpaired) electrons. The number of amides is 1. The van der Waals surface area contributed by atoms with Gasteiger partial charge in [0.15, 0.2) is 0 Å². The van der Waals surface area contributed by atoms with Crippen LogP contribution in [0.25, 0.3) is 11.1 Å². The summed E-state index contributed by atoms with van der Waals surface area (Å²) in [6.07, 6.45) is -0.795. The van der Waals surface area contributed by atoms with Crippen molar-refractivity contribution in [3.8, 4) is 11.1 Å². The van der Waals surface area contributed by atoms with E-state index in [0.29, 0.717) is 0 Å². The highest BCUT2D eigenvalue weighted by molar-refractivity contribution is 7.10. The van der Waals surface area contributed by atoms with Crippen molar-refractivity contribution in [2.45, 2.75) is 25.3 Å². The number of aryl methyl sites for hydroxylation is 1. The number of hydrogen-bond acceptors (Lipinski definition) is 4. The summed E-state index contributed by atoms with van der Waals surface area (Å²) in [4.78, 5) is 24.6. The first-order valence-electron chi connectivity index (χ1n) is 9.42. The Bertz CT molecular complexity index is 1010. The SMILES string of the molecule is Cc1ccsc1[C@@H](CC(=O)O)NC(=O)OCC1c2ccccc2-c2ccccc21. The quantitative estimate of drug-likeness (QED) is 0.595.